The van der Waals surface area contributed by atoms with Gasteiger partial charge in [-0.25, -0.2) is 0 Å². The van der Waals surface area contributed by atoms with Crippen LogP contribution in [0.25, 0.3) is 0 Å². The van der Waals surface area contributed by atoms with Gasteiger partial charge in [-0.15, -0.1) is 0 Å². The van der Waals surface area contributed by atoms with Crippen molar-refractivity contribution in [1.82, 2.24) is 0 Å². The molecular formula is C17H21Cl2N. The van der Waals surface area contributed by atoms with Crippen LogP contribution in [0.5, 0.6) is 0 Å². The van der Waals surface area contributed by atoms with Crippen LogP contribution in [0, 0.1) is 23.2 Å². The van der Waals surface area contributed by atoms with Crippen molar-refractivity contribution in [2.45, 2.75) is 38.5 Å². The first-order chi connectivity index (χ1) is 9.60. The van der Waals surface area contributed by atoms with Gasteiger partial charge in [-0.05, 0) is 79.9 Å². The summed E-state index contributed by atoms with van der Waals surface area (Å²) in [6.07, 6.45) is 8.80. The lowest BCUT2D eigenvalue weighted by Gasteiger charge is -2.57. The summed E-state index contributed by atoms with van der Waals surface area (Å²) in [5.41, 5.74) is 1.61. The highest BCUT2D eigenvalue weighted by Gasteiger charge is 2.50. The quantitative estimate of drug-likeness (QED) is 0.764. The first-order valence-electron chi connectivity index (χ1n) is 7.80. The van der Waals surface area contributed by atoms with E-state index in [-0.39, 0.29) is 0 Å². The molecule has 0 aliphatic heterocycles. The van der Waals surface area contributed by atoms with Gasteiger partial charge in [0.1, 0.15) is 0 Å². The summed E-state index contributed by atoms with van der Waals surface area (Å²) in [7, 11) is 0. The van der Waals surface area contributed by atoms with Gasteiger partial charge in [-0.2, -0.15) is 0 Å². The molecule has 0 atom stereocenters. The minimum atomic E-state index is 0.545. The van der Waals surface area contributed by atoms with E-state index in [0.29, 0.717) is 15.5 Å². The number of rotatable bonds is 3. The van der Waals surface area contributed by atoms with Crippen LogP contribution in [0.2, 0.25) is 10.0 Å². The molecule has 4 aliphatic carbocycles. The van der Waals surface area contributed by atoms with Gasteiger partial charge in [0.25, 0.3) is 0 Å². The second-order valence-electron chi connectivity index (χ2n) is 7.43. The van der Waals surface area contributed by atoms with Crippen molar-refractivity contribution in [3.63, 3.8) is 0 Å². The maximum atomic E-state index is 6.08. The Morgan fingerprint density at radius 2 is 1.40 bits per heavy atom. The lowest BCUT2D eigenvalue weighted by atomic mass is 9.49. The highest BCUT2D eigenvalue weighted by Crippen LogP contribution is 2.59. The first-order valence-corrected chi connectivity index (χ1v) is 8.56. The number of nitrogens with one attached hydrogen (secondary N) is 1. The highest BCUT2D eigenvalue weighted by atomic mass is 35.5. The monoisotopic (exact) mass is 309 g/mol. The molecule has 108 valence electrons. The molecule has 4 saturated carbocycles. The van der Waals surface area contributed by atoms with Crippen LogP contribution in [-0.2, 0) is 0 Å². The molecule has 4 fully saturated rings. The van der Waals surface area contributed by atoms with Crippen LogP contribution >= 0.6 is 23.2 Å². The van der Waals surface area contributed by atoms with Crippen molar-refractivity contribution in [2.75, 3.05) is 11.9 Å². The Bertz CT molecular complexity index is 470. The van der Waals surface area contributed by atoms with E-state index in [1.807, 2.05) is 12.1 Å². The Hall–Kier alpha value is -0.400. The lowest BCUT2D eigenvalue weighted by Crippen LogP contribution is -2.49. The van der Waals surface area contributed by atoms with Gasteiger partial charge in [0, 0.05) is 22.3 Å². The maximum Gasteiger partial charge on any atom is 0.0441 e. The minimum absolute atomic E-state index is 0.545. The third-order valence-electron chi connectivity index (χ3n) is 5.70. The number of hydrogen-bond acceptors (Lipinski definition) is 1. The normalized spacial score (nSPS) is 38.2. The largest absolute Gasteiger partial charge is 0.384 e. The van der Waals surface area contributed by atoms with E-state index >= 15 is 0 Å². The third kappa shape index (κ3) is 2.44. The van der Waals surface area contributed by atoms with Gasteiger partial charge in [-0.1, -0.05) is 23.2 Å². The molecule has 4 bridgehead atoms. The van der Waals surface area contributed by atoms with Gasteiger partial charge in [0.2, 0.25) is 0 Å². The summed E-state index contributed by atoms with van der Waals surface area (Å²) in [5, 5.41) is 5.04. The molecule has 1 aromatic rings. The van der Waals surface area contributed by atoms with Crippen LogP contribution in [0.15, 0.2) is 18.2 Å². The van der Waals surface area contributed by atoms with Crippen LogP contribution in [0.1, 0.15) is 38.5 Å². The Kier molecular flexibility index (Phi) is 3.19. The van der Waals surface area contributed by atoms with Gasteiger partial charge in [-0.3, -0.25) is 0 Å². The van der Waals surface area contributed by atoms with Crippen molar-refractivity contribution >= 4 is 28.9 Å². The summed E-state index contributed by atoms with van der Waals surface area (Å²) >= 11 is 12.2. The van der Waals surface area contributed by atoms with E-state index < -0.39 is 0 Å². The number of benzene rings is 1. The van der Waals surface area contributed by atoms with E-state index in [1.54, 1.807) is 6.07 Å². The van der Waals surface area contributed by atoms with Gasteiger partial charge in [0.05, 0.1) is 0 Å². The molecule has 1 aromatic carbocycles. The Morgan fingerprint density at radius 1 is 0.900 bits per heavy atom. The summed E-state index contributed by atoms with van der Waals surface area (Å²) in [5.74, 6) is 3.02. The molecule has 0 heterocycles. The molecule has 5 rings (SSSR count). The SMILES string of the molecule is Clc1cc(Cl)cc(NCC23CC4CC(CC(C4)C2)C3)c1. The molecular weight excluding hydrogens is 289 g/mol. The van der Waals surface area contributed by atoms with Crippen LogP contribution in [0.3, 0.4) is 0 Å². The molecule has 0 unspecified atom stereocenters. The van der Waals surface area contributed by atoms with E-state index in [9.17, 15) is 0 Å². The molecule has 20 heavy (non-hydrogen) atoms. The fraction of sp³-hybridized carbons (Fsp3) is 0.647. The maximum absolute atomic E-state index is 6.08. The Morgan fingerprint density at radius 3 is 1.90 bits per heavy atom. The number of halogens is 2. The Labute approximate surface area is 131 Å². The average molecular weight is 310 g/mol. The van der Waals surface area contributed by atoms with E-state index in [0.717, 1.165) is 30.0 Å². The van der Waals surface area contributed by atoms with Crippen LogP contribution in [0.4, 0.5) is 5.69 Å². The molecule has 0 saturated heterocycles. The summed E-state index contributed by atoms with van der Waals surface area (Å²) in [4.78, 5) is 0. The number of hydrogen-bond donors (Lipinski definition) is 1. The zero-order valence-electron chi connectivity index (χ0n) is 11.7. The summed E-state index contributed by atoms with van der Waals surface area (Å²) in [6.45, 7) is 1.09. The van der Waals surface area contributed by atoms with Gasteiger partial charge < -0.3 is 5.32 Å². The molecule has 0 amide bonds. The highest BCUT2D eigenvalue weighted by molar-refractivity contribution is 6.35. The van der Waals surface area contributed by atoms with Crippen molar-refractivity contribution in [2.24, 2.45) is 23.2 Å². The van der Waals surface area contributed by atoms with Crippen molar-refractivity contribution in [1.29, 1.82) is 0 Å². The summed E-state index contributed by atoms with van der Waals surface area (Å²) < 4.78 is 0. The molecule has 1 N–H and O–H groups in total. The predicted octanol–water partition coefficient (Wildman–Crippen LogP) is 5.62. The fourth-order valence-electron chi connectivity index (χ4n) is 5.45. The predicted molar refractivity (Wildman–Crippen MR) is 85.6 cm³/mol. The fourth-order valence-corrected chi connectivity index (χ4v) is 5.98. The Balaban J connectivity index is 1.49. The topological polar surface area (TPSA) is 12.0 Å². The smallest absolute Gasteiger partial charge is 0.0441 e. The zero-order valence-corrected chi connectivity index (χ0v) is 13.2. The lowest BCUT2D eigenvalue weighted by molar-refractivity contribution is -0.0444. The standard InChI is InChI=1S/C17H21Cl2N/c18-14-4-15(19)6-16(5-14)20-10-17-7-11-1-12(8-17)3-13(2-11)9-17/h4-6,11-13,20H,1-3,7-10H2. The second-order valence-corrected chi connectivity index (χ2v) is 8.30. The molecule has 4 aliphatic rings. The van der Waals surface area contributed by atoms with Gasteiger partial charge in [0.15, 0.2) is 0 Å². The third-order valence-corrected chi connectivity index (χ3v) is 6.13. The zero-order chi connectivity index (χ0) is 13.7. The molecule has 1 nitrogen and oxygen atoms in total. The molecule has 0 spiro atoms. The summed E-state index contributed by atoms with van der Waals surface area (Å²) in [6, 6.07) is 5.75. The van der Waals surface area contributed by atoms with Crippen LogP contribution in [-0.4, -0.2) is 6.54 Å². The first kappa shape index (κ1) is 13.3. The van der Waals surface area contributed by atoms with Crippen molar-refractivity contribution in [3.8, 4) is 0 Å². The van der Waals surface area contributed by atoms with E-state index in [2.05, 4.69) is 5.32 Å². The van der Waals surface area contributed by atoms with Gasteiger partial charge >= 0.3 is 0 Å². The second kappa shape index (κ2) is 4.81. The molecule has 0 radical (unpaired) electrons. The van der Waals surface area contributed by atoms with E-state index in [4.69, 9.17) is 23.2 Å². The molecule has 3 heteroatoms. The number of anilines is 1. The average Bonchev–Trinajstić information content (AvgIpc) is 2.34. The van der Waals surface area contributed by atoms with Crippen LogP contribution < -0.4 is 5.32 Å². The van der Waals surface area contributed by atoms with Crippen molar-refractivity contribution in [3.05, 3.63) is 28.2 Å². The van der Waals surface area contributed by atoms with Crippen molar-refractivity contribution < 1.29 is 0 Å². The minimum Gasteiger partial charge on any atom is -0.384 e. The van der Waals surface area contributed by atoms with E-state index in [1.165, 1.54) is 38.5 Å². The molecule has 0 aromatic heterocycles.